The molecule has 4 rings (SSSR count). The molecule has 0 radical (unpaired) electrons. The van der Waals surface area contributed by atoms with Gasteiger partial charge in [0.05, 0.1) is 18.2 Å². The van der Waals surface area contributed by atoms with Crippen LogP contribution < -0.4 is 5.56 Å². The van der Waals surface area contributed by atoms with Gasteiger partial charge < -0.3 is 4.57 Å². The molecule has 0 aliphatic carbocycles. The van der Waals surface area contributed by atoms with Crippen molar-refractivity contribution in [3.63, 3.8) is 0 Å². The molecule has 0 N–H and O–H groups in total. The van der Waals surface area contributed by atoms with Gasteiger partial charge >= 0.3 is 0 Å². The summed E-state index contributed by atoms with van der Waals surface area (Å²) in [6, 6.07) is 16.7. The lowest BCUT2D eigenvalue weighted by atomic mass is 10.1. The first-order chi connectivity index (χ1) is 14.1. The smallest absolute Gasteiger partial charge is 0.256 e. The third-order valence-corrected chi connectivity index (χ3v) is 5.00. The van der Waals surface area contributed by atoms with Crippen LogP contribution in [0.2, 0.25) is 0 Å². The van der Waals surface area contributed by atoms with E-state index in [0.29, 0.717) is 24.3 Å². The second-order valence-electron chi connectivity index (χ2n) is 6.54. The highest BCUT2D eigenvalue weighted by molar-refractivity contribution is 9.10. The van der Waals surface area contributed by atoms with Crippen molar-refractivity contribution in [1.29, 1.82) is 5.26 Å². The van der Waals surface area contributed by atoms with Crippen molar-refractivity contribution in [2.24, 2.45) is 0 Å². The summed E-state index contributed by atoms with van der Waals surface area (Å²) < 4.78 is 4.38. The number of rotatable bonds is 5. The lowest BCUT2D eigenvalue weighted by Crippen LogP contribution is -2.17. The van der Waals surface area contributed by atoms with Crippen LogP contribution >= 0.6 is 15.9 Å². The molecule has 0 unspecified atom stereocenters. The summed E-state index contributed by atoms with van der Waals surface area (Å²) in [7, 11) is 0. The minimum absolute atomic E-state index is 0.132. The Morgan fingerprint density at radius 3 is 2.52 bits per heavy atom. The van der Waals surface area contributed by atoms with Crippen LogP contribution in [0.15, 0.2) is 82.6 Å². The molecule has 142 valence electrons. The molecule has 0 bridgehead atoms. The van der Waals surface area contributed by atoms with Gasteiger partial charge in [-0.05, 0) is 51.3 Å². The summed E-state index contributed by atoms with van der Waals surface area (Å²) >= 11 is 3.38. The molecular weight excluding hydrogens is 430 g/mol. The first kappa shape index (κ1) is 18.8. The van der Waals surface area contributed by atoms with E-state index in [0.717, 1.165) is 21.4 Å². The molecule has 0 atom stereocenters. The molecule has 0 aliphatic heterocycles. The van der Waals surface area contributed by atoms with Crippen LogP contribution in [-0.4, -0.2) is 19.1 Å². The van der Waals surface area contributed by atoms with Gasteiger partial charge in [0.1, 0.15) is 11.6 Å². The van der Waals surface area contributed by atoms with Gasteiger partial charge in [0.2, 0.25) is 0 Å². The summed E-state index contributed by atoms with van der Waals surface area (Å²) in [6.45, 7) is 0.631. The van der Waals surface area contributed by atoms with E-state index >= 15 is 0 Å². The number of aromatic nitrogens is 4. The minimum atomic E-state index is -0.132. The molecule has 29 heavy (non-hydrogen) atoms. The Hall–Kier alpha value is -3.50. The molecular formula is C22H16BrN5O. The zero-order chi connectivity index (χ0) is 20.2. The van der Waals surface area contributed by atoms with Crippen molar-refractivity contribution in [2.45, 2.75) is 13.0 Å². The number of halogens is 1. The average Bonchev–Trinajstić information content (AvgIpc) is 3.17. The van der Waals surface area contributed by atoms with E-state index in [2.05, 4.69) is 36.5 Å². The van der Waals surface area contributed by atoms with E-state index in [9.17, 15) is 4.79 Å². The fourth-order valence-electron chi connectivity index (χ4n) is 3.02. The number of hydrogen-bond acceptors (Lipinski definition) is 4. The maximum absolute atomic E-state index is 12.0. The van der Waals surface area contributed by atoms with Crippen LogP contribution in [0, 0.1) is 11.3 Å². The van der Waals surface area contributed by atoms with Crippen LogP contribution in [0.3, 0.4) is 0 Å². The van der Waals surface area contributed by atoms with E-state index in [1.807, 2.05) is 42.6 Å². The second kappa shape index (κ2) is 8.25. The number of benzene rings is 1. The molecule has 0 aliphatic rings. The first-order valence-corrected chi connectivity index (χ1v) is 9.74. The van der Waals surface area contributed by atoms with Gasteiger partial charge in [0, 0.05) is 41.7 Å². The monoisotopic (exact) mass is 445 g/mol. The molecule has 3 heterocycles. The van der Waals surface area contributed by atoms with E-state index in [-0.39, 0.29) is 5.56 Å². The van der Waals surface area contributed by atoms with Crippen LogP contribution in [0.4, 0.5) is 0 Å². The Labute approximate surface area is 175 Å². The number of imidazole rings is 1. The predicted molar refractivity (Wildman–Crippen MR) is 113 cm³/mol. The Kier molecular flexibility index (Phi) is 5.36. The molecule has 0 fully saturated rings. The van der Waals surface area contributed by atoms with Gasteiger partial charge in [-0.2, -0.15) is 5.26 Å². The van der Waals surface area contributed by atoms with E-state index in [1.54, 1.807) is 24.7 Å². The molecule has 0 saturated carbocycles. The van der Waals surface area contributed by atoms with Crippen molar-refractivity contribution < 1.29 is 0 Å². The summed E-state index contributed by atoms with van der Waals surface area (Å²) in [5.74, 6) is 1.51. The number of hydrogen-bond donors (Lipinski definition) is 0. The number of nitrogens with zero attached hydrogens (tertiary/aromatic N) is 5. The van der Waals surface area contributed by atoms with Crippen molar-refractivity contribution >= 4 is 15.9 Å². The number of pyridine rings is 2. The molecule has 0 saturated heterocycles. The van der Waals surface area contributed by atoms with Gasteiger partial charge in [-0.25, -0.2) is 9.97 Å². The van der Waals surface area contributed by atoms with Gasteiger partial charge in [-0.3, -0.25) is 9.36 Å². The lowest BCUT2D eigenvalue weighted by molar-refractivity contribution is 0.737. The fourth-order valence-corrected chi connectivity index (χ4v) is 3.36. The Morgan fingerprint density at radius 1 is 1.00 bits per heavy atom. The summed E-state index contributed by atoms with van der Waals surface area (Å²) in [5, 5.41) is 8.92. The van der Waals surface area contributed by atoms with Crippen LogP contribution in [-0.2, 0) is 13.0 Å². The topological polar surface area (TPSA) is 76.5 Å². The molecule has 3 aromatic heterocycles. The molecule has 7 heteroatoms. The average molecular weight is 446 g/mol. The summed E-state index contributed by atoms with van der Waals surface area (Å²) in [5.41, 5.74) is 2.62. The van der Waals surface area contributed by atoms with Gasteiger partial charge in [0.25, 0.3) is 5.56 Å². The lowest BCUT2D eigenvalue weighted by Gasteiger charge is -2.10. The highest BCUT2D eigenvalue weighted by atomic mass is 79.9. The minimum Gasteiger partial charge on any atom is -0.330 e. The second-order valence-corrected chi connectivity index (χ2v) is 7.45. The number of nitriles is 1. The van der Waals surface area contributed by atoms with E-state index < -0.39 is 0 Å². The van der Waals surface area contributed by atoms with Gasteiger partial charge in [0.15, 0.2) is 0 Å². The Bertz CT molecular complexity index is 1230. The standard InChI is InChI=1S/C22H16BrN5O/c23-19-6-8-22(29)28(15-19)20-7-5-18(13-26-20)14-27-10-9-25-21(27)11-16-1-3-17(12-24)4-2-16/h1-10,13,15H,11,14H2. The van der Waals surface area contributed by atoms with Crippen molar-refractivity contribution in [2.75, 3.05) is 0 Å². The van der Waals surface area contributed by atoms with Crippen molar-refractivity contribution in [3.05, 3.63) is 111 Å². The van der Waals surface area contributed by atoms with Crippen LogP contribution in [0.1, 0.15) is 22.5 Å². The molecule has 1 aromatic carbocycles. The van der Waals surface area contributed by atoms with Crippen LogP contribution in [0.5, 0.6) is 0 Å². The third-order valence-electron chi connectivity index (χ3n) is 4.53. The molecule has 4 aromatic rings. The molecule has 0 spiro atoms. The highest BCUT2D eigenvalue weighted by Gasteiger charge is 2.07. The summed E-state index contributed by atoms with van der Waals surface area (Å²) in [6.07, 6.45) is 7.87. The zero-order valence-electron chi connectivity index (χ0n) is 15.4. The molecule has 0 amide bonds. The normalized spacial score (nSPS) is 10.6. The fraction of sp³-hybridized carbons (Fsp3) is 0.0909. The van der Waals surface area contributed by atoms with Gasteiger partial charge in [-0.15, -0.1) is 0 Å². The van der Waals surface area contributed by atoms with Crippen LogP contribution in [0.25, 0.3) is 5.82 Å². The summed E-state index contributed by atoms with van der Waals surface area (Å²) in [4.78, 5) is 20.9. The SMILES string of the molecule is N#Cc1ccc(Cc2nccn2Cc2ccc(-n3cc(Br)ccc3=O)nc2)cc1. The van der Waals surface area contributed by atoms with Gasteiger partial charge in [-0.1, -0.05) is 18.2 Å². The zero-order valence-corrected chi connectivity index (χ0v) is 17.0. The Balaban J connectivity index is 1.51. The predicted octanol–water partition coefficient (Wildman–Crippen LogP) is 3.70. The highest BCUT2D eigenvalue weighted by Crippen LogP contribution is 2.13. The largest absolute Gasteiger partial charge is 0.330 e. The first-order valence-electron chi connectivity index (χ1n) is 8.95. The third kappa shape index (κ3) is 4.33. The quantitative estimate of drug-likeness (QED) is 0.469. The molecule has 6 nitrogen and oxygen atoms in total. The Morgan fingerprint density at radius 2 is 1.79 bits per heavy atom. The van der Waals surface area contributed by atoms with E-state index in [4.69, 9.17) is 5.26 Å². The van der Waals surface area contributed by atoms with Crippen molar-refractivity contribution in [3.8, 4) is 11.9 Å². The van der Waals surface area contributed by atoms with E-state index in [1.165, 1.54) is 10.6 Å². The maximum atomic E-state index is 12.0. The van der Waals surface area contributed by atoms with Crippen molar-refractivity contribution in [1.82, 2.24) is 19.1 Å². The maximum Gasteiger partial charge on any atom is 0.256 e.